The van der Waals surface area contributed by atoms with E-state index in [1.165, 1.54) is 11.8 Å². The molecule has 5 nitrogen and oxygen atoms in total. The Bertz CT molecular complexity index is 735. The summed E-state index contributed by atoms with van der Waals surface area (Å²) in [5.41, 5.74) is 5.36. The minimum atomic E-state index is -0.298. The predicted molar refractivity (Wildman–Crippen MR) is 81.7 cm³/mol. The van der Waals surface area contributed by atoms with Gasteiger partial charge in [0.1, 0.15) is 5.52 Å². The fraction of sp³-hybridized carbons (Fsp3) is 0.0667. The van der Waals surface area contributed by atoms with Crippen LogP contribution in [0.15, 0.2) is 58.2 Å². The van der Waals surface area contributed by atoms with Gasteiger partial charge in [0.2, 0.25) is 0 Å². The van der Waals surface area contributed by atoms with Gasteiger partial charge in [-0.25, -0.2) is 10.8 Å². The van der Waals surface area contributed by atoms with Crippen LogP contribution in [0, 0.1) is 0 Å². The van der Waals surface area contributed by atoms with Crippen molar-refractivity contribution in [1.29, 1.82) is 0 Å². The van der Waals surface area contributed by atoms with Gasteiger partial charge in [-0.1, -0.05) is 36.0 Å². The van der Waals surface area contributed by atoms with Gasteiger partial charge in [0, 0.05) is 11.3 Å². The van der Waals surface area contributed by atoms with Crippen molar-refractivity contribution >= 4 is 28.8 Å². The number of carbonyl (C=O) groups is 1. The molecule has 3 aromatic rings. The summed E-state index contributed by atoms with van der Waals surface area (Å²) < 4.78 is 5.64. The molecule has 0 atom stereocenters. The summed E-state index contributed by atoms with van der Waals surface area (Å²) in [5.74, 6) is 5.51. The van der Waals surface area contributed by atoms with Gasteiger partial charge in [0.05, 0.1) is 0 Å². The molecule has 0 spiro atoms. The van der Waals surface area contributed by atoms with Crippen molar-refractivity contribution in [2.75, 3.05) is 0 Å². The van der Waals surface area contributed by atoms with Gasteiger partial charge >= 0.3 is 0 Å². The largest absolute Gasteiger partial charge is 0.431 e. The summed E-state index contributed by atoms with van der Waals surface area (Å²) >= 11 is 1.52. The first-order chi connectivity index (χ1) is 10.3. The van der Waals surface area contributed by atoms with E-state index in [0.29, 0.717) is 10.8 Å². The molecular weight excluding hydrogens is 286 g/mol. The molecule has 0 bridgehead atoms. The Morgan fingerprint density at radius 2 is 1.95 bits per heavy atom. The number of hydrazine groups is 1. The van der Waals surface area contributed by atoms with E-state index in [2.05, 4.69) is 10.4 Å². The van der Waals surface area contributed by atoms with Crippen LogP contribution in [-0.2, 0) is 5.75 Å². The number of rotatable bonds is 4. The van der Waals surface area contributed by atoms with Crippen molar-refractivity contribution in [2.24, 2.45) is 5.84 Å². The average molecular weight is 299 g/mol. The minimum absolute atomic E-state index is 0.298. The smallest absolute Gasteiger partial charge is 0.265 e. The molecule has 106 valence electrons. The fourth-order valence-electron chi connectivity index (χ4n) is 1.89. The Labute approximate surface area is 125 Å². The lowest BCUT2D eigenvalue weighted by atomic mass is 10.1. The second-order valence-corrected chi connectivity index (χ2v) is 5.33. The quantitative estimate of drug-likeness (QED) is 0.335. The standard InChI is InChI=1S/C15H13N3O2S/c16-18-14(19)11-7-5-10(6-8-11)9-21-15-17-12-3-1-2-4-13(12)20-15/h1-8H,9,16H2,(H,18,19). The van der Waals surface area contributed by atoms with E-state index in [9.17, 15) is 4.79 Å². The number of carbonyl (C=O) groups excluding carboxylic acids is 1. The van der Waals surface area contributed by atoms with Gasteiger partial charge in [-0.2, -0.15) is 0 Å². The van der Waals surface area contributed by atoms with Crippen molar-refractivity contribution in [3.05, 3.63) is 59.7 Å². The molecule has 6 heteroatoms. The number of nitrogens with two attached hydrogens (primary N) is 1. The van der Waals surface area contributed by atoms with Crippen LogP contribution in [0.5, 0.6) is 0 Å². The molecule has 0 fully saturated rings. The van der Waals surface area contributed by atoms with Crippen LogP contribution in [0.3, 0.4) is 0 Å². The summed E-state index contributed by atoms with van der Waals surface area (Å²) in [7, 11) is 0. The Hall–Kier alpha value is -2.31. The number of nitrogen functional groups attached to an aromatic ring is 1. The van der Waals surface area contributed by atoms with E-state index < -0.39 is 0 Å². The Morgan fingerprint density at radius 3 is 2.67 bits per heavy atom. The van der Waals surface area contributed by atoms with Crippen molar-refractivity contribution in [3.63, 3.8) is 0 Å². The summed E-state index contributed by atoms with van der Waals surface area (Å²) in [5, 5.41) is 0.639. The van der Waals surface area contributed by atoms with E-state index in [0.717, 1.165) is 22.4 Å². The van der Waals surface area contributed by atoms with E-state index in [1.807, 2.05) is 36.4 Å². The van der Waals surface area contributed by atoms with Crippen molar-refractivity contribution in [1.82, 2.24) is 10.4 Å². The SMILES string of the molecule is NNC(=O)c1ccc(CSc2nc3ccccc3o2)cc1. The van der Waals surface area contributed by atoms with Gasteiger partial charge in [-0.15, -0.1) is 0 Å². The molecule has 1 amide bonds. The van der Waals surface area contributed by atoms with Crippen LogP contribution < -0.4 is 11.3 Å². The number of hydrogen-bond donors (Lipinski definition) is 2. The zero-order valence-electron chi connectivity index (χ0n) is 11.1. The maximum absolute atomic E-state index is 11.3. The molecule has 0 saturated heterocycles. The van der Waals surface area contributed by atoms with E-state index in [4.69, 9.17) is 10.3 Å². The normalized spacial score (nSPS) is 10.7. The number of fused-ring (bicyclic) bond motifs is 1. The van der Waals surface area contributed by atoms with E-state index in [1.54, 1.807) is 12.1 Å². The number of amides is 1. The summed E-state index contributed by atoms with van der Waals surface area (Å²) in [6.45, 7) is 0. The van der Waals surface area contributed by atoms with Crippen LogP contribution in [0.25, 0.3) is 11.1 Å². The van der Waals surface area contributed by atoms with E-state index in [-0.39, 0.29) is 5.91 Å². The van der Waals surface area contributed by atoms with Gasteiger partial charge in [0.25, 0.3) is 11.1 Å². The van der Waals surface area contributed by atoms with Gasteiger partial charge < -0.3 is 4.42 Å². The molecule has 21 heavy (non-hydrogen) atoms. The molecule has 0 radical (unpaired) electrons. The number of aromatic nitrogens is 1. The molecule has 0 saturated carbocycles. The Kier molecular flexibility index (Phi) is 3.89. The number of oxazole rings is 1. The molecule has 3 rings (SSSR count). The lowest BCUT2D eigenvalue weighted by Crippen LogP contribution is -2.29. The van der Waals surface area contributed by atoms with Crippen LogP contribution in [0.4, 0.5) is 0 Å². The molecule has 0 aliphatic rings. The third-order valence-corrected chi connectivity index (χ3v) is 3.88. The predicted octanol–water partition coefficient (Wildman–Crippen LogP) is 2.72. The first-order valence-electron chi connectivity index (χ1n) is 6.34. The maximum atomic E-state index is 11.3. The first-order valence-corrected chi connectivity index (χ1v) is 7.33. The zero-order chi connectivity index (χ0) is 14.7. The van der Waals surface area contributed by atoms with Crippen molar-refractivity contribution < 1.29 is 9.21 Å². The molecule has 0 unspecified atom stereocenters. The van der Waals surface area contributed by atoms with Crippen LogP contribution in [0.1, 0.15) is 15.9 Å². The third-order valence-electron chi connectivity index (χ3n) is 2.98. The van der Waals surface area contributed by atoms with Gasteiger partial charge in [-0.05, 0) is 29.8 Å². The number of para-hydroxylation sites is 2. The van der Waals surface area contributed by atoms with E-state index >= 15 is 0 Å². The zero-order valence-corrected chi connectivity index (χ0v) is 11.9. The molecule has 1 aromatic heterocycles. The van der Waals surface area contributed by atoms with Crippen molar-refractivity contribution in [3.8, 4) is 0 Å². The van der Waals surface area contributed by atoms with Gasteiger partial charge in [0.15, 0.2) is 5.58 Å². The van der Waals surface area contributed by atoms with Crippen LogP contribution in [0.2, 0.25) is 0 Å². The molecule has 2 aromatic carbocycles. The first kappa shape index (κ1) is 13.7. The highest BCUT2D eigenvalue weighted by Crippen LogP contribution is 2.26. The average Bonchev–Trinajstić information content (AvgIpc) is 2.95. The number of nitrogens with zero attached hydrogens (tertiary/aromatic N) is 1. The second kappa shape index (κ2) is 5.99. The summed E-state index contributed by atoms with van der Waals surface area (Å²) in [6.07, 6.45) is 0. The van der Waals surface area contributed by atoms with Crippen LogP contribution >= 0.6 is 11.8 Å². The minimum Gasteiger partial charge on any atom is -0.431 e. The van der Waals surface area contributed by atoms with Crippen molar-refractivity contribution in [2.45, 2.75) is 11.0 Å². The number of benzene rings is 2. The maximum Gasteiger partial charge on any atom is 0.265 e. The molecule has 0 aliphatic carbocycles. The lowest BCUT2D eigenvalue weighted by molar-refractivity contribution is 0.0953. The number of hydrogen-bond acceptors (Lipinski definition) is 5. The molecule has 1 heterocycles. The third kappa shape index (κ3) is 3.07. The monoisotopic (exact) mass is 299 g/mol. The van der Waals surface area contributed by atoms with Gasteiger partial charge in [-0.3, -0.25) is 10.2 Å². The highest BCUT2D eigenvalue weighted by atomic mass is 32.2. The highest BCUT2D eigenvalue weighted by Gasteiger charge is 2.07. The second-order valence-electron chi connectivity index (χ2n) is 4.41. The Balaban J connectivity index is 1.68. The summed E-state index contributed by atoms with van der Waals surface area (Å²) in [4.78, 5) is 15.7. The number of thioether (sulfide) groups is 1. The topological polar surface area (TPSA) is 81.1 Å². The fourth-order valence-corrected chi connectivity index (χ4v) is 2.69. The van der Waals surface area contributed by atoms with Crippen LogP contribution in [-0.4, -0.2) is 10.9 Å². The highest BCUT2D eigenvalue weighted by molar-refractivity contribution is 7.98. The Morgan fingerprint density at radius 1 is 1.19 bits per heavy atom. The molecule has 0 aliphatic heterocycles. The lowest BCUT2D eigenvalue weighted by Gasteiger charge is -2.01. The number of nitrogens with one attached hydrogen (secondary N) is 1. The molecular formula is C15H13N3O2S. The summed E-state index contributed by atoms with van der Waals surface area (Å²) in [6, 6.07) is 14.9. The molecule has 3 N–H and O–H groups in total.